The third kappa shape index (κ3) is 5.20. The van der Waals surface area contributed by atoms with Crippen molar-refractivity contribution in [2.24, 2.45) is 5.92 Å². The average Bonchev–Trinajstić information content (AvgIpc) is 2.47. The molecule has 0 spiro atoms. The first-order valence-electron chi connectivity index (χ1n) is 7.58. The third-order valence-electron chi connectivity index (χ3n) is 3.24. The second kappa shape index (κ2) is 7.59. The van der Waals surface area contributed by atoms with Crippen LogP contribution in [0.2, 0.25) is 0 Å². The van der Waals surface area contributed by atoms with E-state index >= 15 is 0 Å². The summed E-state index contributed by atoms with van der Waals surface area (Å²) in [5, 5.41) is 6.12. The Kier molecular flexibility index (Phi) is 5.53. The summed E-state index contributed by atoms with van der Waals surface area (Å²) in [4.78, 5) is 15.9. The predicted octanol–water partition coefficient (Wildman–Crippen LogP) is 3.99. The molecule has 2 aromatic rings. The number of benzene rings is 1. The number of hydrogen-bond donors (Lipinski definition) is 2. The largest absolute Gasteiger partial charge is 0.380 e. The molecule has 4 heteroatoms. The van der Waals surface area contributed by atoms with Crippen LogP contribution in [0.3, 0.4) is 0 Å². The molecule has 0 aliphatic heterocycles. The zero-order valence-electron chi connectivity index (χ0n) is 13.4. The molecule has 4 nitrogen and oxygen atoms in total. The van der Waals surface area contributed by atoms with Crippen molar-refractivity contribution in [1.82, 2.24) is 4.98 Å². The molecule has 0 aliphatic rings. The van der Waals surface area contributed by atoms with Crippen molar-refractivity contribution in [3.63, 3.8) is 0 Å². The van der Waals surface area contributed by atoms with Gasteiger partial charge in [-0.25, -0.2) is 4.98 Å². The smallest absolute Gasteiger partial charge is 0.225 e. The number of nitrogens with zero attached hydrogens (tertiary/aromatic N) is 1. The van der Waals surface area contributed by atoms with Crippen LogP contribution >= 0.6 is 0 Å². The molecule has 22 heavy (non-hydrogen) atoms. The highest BCUT2D eigenvalue weighted by atomic mass is 16.1. The Morgan fingerprint density at radius 2 is 1.86 bits per heavy atom. The molecule has 0 saturated carbocycles. The second-order valence-corrected chi connectivity index (χ2v) is 5.92. The van der Waals surface area contributed by atoms with Crippen molar-refractivity contribution >= 4 is 17.4 Å². The van der Waals surface area contributed by atoms with Crippen molar-refractivity contribution in [2.45, 2.75) is 33.7 Å². The summed E-state index contributed by atoms with van der Waals surface area (Å²) in [7, 11) is 0. The summed E-state index contributed by atoms with van der Waals surface area (Å²) in [6.45, 7) is 6.87. The molecule has 1 aromatic heterocycles. The quantitative estimate of drug-likeness (QED) is 0.847. The van der Waals surface area contributed by atoms with E-state index in [0.717, 1.165) is 12.2 Å². The van der Waals surface area contributed by atoms with Gasteiger partial charge >= 0.3 is 0 Å². The third-order valence-corrected chi connectivity index (χ3v) is 3.24. The van der Waals surface area contributed by atoms with Gasteiger partial charge in [-0.2, -0.15) is 0 Å². The van der Waals surface area contributed by atoms with Crippen LogP contribution in [0.5, 0.6) is 0 Å². The van der Waals surface area contributed by atoms with Gasteiger partial charge in [-0.1, -0.05) is 43.7 Å². The van der Waals surface area contributed by atoms with Gasteiger partial charge in [-0.3, -0.25) is 4.79 Å². The summed E-state index contributed by atoms with van der Waals surface area (Å²) in [6.07, 6.45) is 2.24. The first-order valence-corrected chi connectivity index (χ1v) is 7.58. The van der Waals surface area contributed by atoms with Gasteiger partial charge < -0.3 is 10.6 Å². The monoisotopic (exact) mass is 297 g/mol. The van der Waals surface area contributed by atoms with E-state index in [9.17, 15) is 4.79 Å². The van der Waals surface area contributed by atoms with E-state index in [4.69, 9.17) is 0 Å². The van der Waals surface area contributed by atoms with Crippen LogP contribution in [-0.2, 0) is 11.3 Å². The topological polar surface area (TPSA) is 54.0 Å². The normalized spacial score (nSPS) is 10.5. The van der Waals surface area contributed by atoms with E-state index in [0.29, 0.717) is 18.2 Å². The lowest BCUT2D eigenvalue weighted by Gasteiger charge is -2.09. The van der Waals surface area contributed by atoms with E-state index in [-0.39, 0.29) is 5.91 Å². The maximum absolute atomic E-state index is 11.7. The highest BCUT2D eigenvalue weighted by Crippen LogP contribution is 2.12. The molecule has 0 unspecified atom stereocenters. The fraction of sp³-hybridized carbons (Fsp3) is 0.333. The van der Waals surface area contributed by atoms with Crippen LogP contribution in [0.1, 0.15) is 31.4 Å². The molecule has 0 aliphatic carbocycles. The number of pyridine rings is 1. The molecule has 2 N–H and O–H groups in total. The van der Waals surface area contributed by atoms with Crippen molar-refractivity contribution in [2.75, 3.05) is 10.6 Å². The van der Waals surface area contributed by atoms with Gasteiger partial charge in [-0.15, -0.1) is 0 Å². The van der Waals surface area contributed by atoms with E-state index in [1.54, 1.807) is 6.20 Å². The minimum absolute atomic E-state index is 0.00265. The molecule has 0 fully saturated rings. The van der Waals surface area contributed by atoms with Crippen LogP contribution in [0.25, 0.3) is 0 Å². The number of anilines is 2. The van der Waals surface area contributed by atoms with Gasteiger partial charge in [0.25, 0.3) is 0 Å². The van der Waals surface area contributed by atoms with Gasteiger partial charge in [0.1, 0.15) is 5.82 Å². The van der Waals surface area contributed by atoms with Crippen LogP contribution in [0.15, 0.2) is 42.6 Å². The molecule has 0 radical (unpaired) electrons. The zero-order chi connectivity index (χ0) is 15.9. The van der Waals surface area contributed by atoms with Crippen LogP contribution in [-0.4, -0.2) is 10.9 Å². The summed E-state index contributed by atoms with van der Waals surface area (Å²) in [6, 6.07) is 12.2. The van der Waals surface area contributed by atoms with Crippen molar-refractivity contribution in [3.05, 3.63) is 53.7 Å². The van der Waals surface area contributed by atoms with Crippen molar-refractivity contribution in [3.8, 4) is 0 Å². The average molecular weight is 297 g/mol. The SMILES string of the molecule is Cc1ccc(CNc2ccc(NC(=O)CC(C)C)nc2)cc1. The maximum Gasteiger partial charge on any atom is 0.225 e. The second-order valence-electron chi connectivity index (χ2n) is 5.92. The van der Waals surface area contributed by atoms with Gasteiger partial charge in [-0.05, 0) is 30.5 Å². The van der Waals surface area contributed by atoms with Crippen LogP contribution in [0.4, 0.5) is 11.5 Å². The molecular formula is C18H23N3O. The van der Waals surface area contributed by atoms with Crippen LogP contribution < -0.4 is 10.6 Å². The Morgan fingerprint density at radius 3 is 2.45 bits per heavy atom. The van der Waals surface area contributed by atoms with E-state index < -0.39 is 0 Å². The van der Waals surface area contributed by atoms with Gasteiger partial charge in [0.15, 0.2) is 0 Å². The molecule has 2 rings (SSSR count). The van der Waals surface area contributed by atoms with E-state index in [2.05, 4.69) is 46.8 Å². The predicted molar refractivity (Wildman–Crippen MR) is 90.8 cm³/mol. The molecule has 0 saturated heterocycles. The van der Waals surface area contributed by atoms with Crippen molar-refractivity contribution in [1.29, 1.82) is 0 Å². The number of hydrogen-bond acceptors (Lipinski definition) is 3. The Bertz CT molecular complexity index is 603. The highest BCUT2D eigenvalue weighted by molar-refractivity contribution is 5.89. The zero-order valence-corrected chi connectivity index (χ0v) is 13.4. The number of aryl methyl sites for hydroxylation is 1. The molecule has 1 amide bonds. The minimum Gasteiger partial charge on any atom is -0.380 e. The molecule has 116 valence electrons. The summed E-state index contributed by atoms with van der Waals surface area (Å²) in [5.74, 6) is 0.935. The number of aromatic nitrogens is 1. The molecular weight excluding hydrogens is 274 g/mol. The maximum atomic E-state index is 11.7. The standard InChI is InChI=1S/C18H23N3O/c1-13(2)10-18(22)21-17-9-8-16(12-20-17)19-11-15-6-4-14(3)5-7-15/h4-9,12-13,19H,10-11H2,1-3H3,(H,20,21,22). The Balaban J connectivity index is 1.86. The van der Waals surface area contributed by atoms with E-state index in [1.807, 2.05) is 26.0 Å². The number of carbonyl (C=O) groups excluding carboxylic acids is 1. The lowest BCUT2D eigenvalue weighted by atomic mass is 10.1. The number of rotatable bonds is 6. The Morgan fingerprint density at radius 1 is 1.14 bits per heavy atom. The Hall–Kier alpha value is -2.36. The first-order chi connectivity index (χ1) is 10.5. The van der Waals surface area contributed by atoms with Gasteiger partial charge in [0, 0.05) is 13.0 Å². The van der Waals surface area contributed by atoms with Gasteiger partial charge in [0.2, 0.25) is 5.91 Å². The van der Waals surface area contributed by atoms with E-state index in [1.165, 1.54) is 11.1 Å². The summed E-state index contributed by atoms with van der Waals surface area (Å²) >= 11 is 0. The lowest BCUT2D eigenvalue weighted by Crippen LogP contribution is -2.14. The van der Waals surface area contributed by atoms with Gasteiger partial charge in [0.05, 0.1) is 11.9 Å². The van der Waals surface area contributed by atoms with Crippen LogP contribution in [0, 0.1) is 12.8 Å². The molecule has 0 bridgehead atoms. The summed E-state index contributed by atoms with van der Waals surface area (Å²) in [5.41, 5.74) is 3.41. The highest BCUT2D eigenvalue weighted by Gasteiger charge is 2.05. The fourth-order valence-corrected chi connectivity index (χ4v) is 2.05. The Labute approximate surface area is 132 Å². The van der Waals surface area contributed by atoms with Crippen molar-refractivity contribution < 1.29 is 4.79 Å². The summed E-state index contributed by atoms with van der Waals surface area (Å²) < 4.78 is 0. The fourth-order valence-electron chi connectivity index (χ4n) is 2.05. The molecule has 1 aromatic carbocycles. The minimum atomic E-state index is 0.00265. The number of nitrogens with one attached hydrogen (secondary N) is 2. The molecule has 0 atom stereocenters. The molecule has 1 heterocycles. The number of amides is 1. The first kappa shape index (κ1) is 16.0. The lowest BCUT2D eigenvalue weighted by molar-refractivity contribution is -0.116. The number of carbonyl (C=O) groups is 1.